The van der Waals surface area contributed by atoms with E-state index in [1.54, 1.807) is 24.3 Å². The molecule has 0 saturated heterocycles. The van der Waals surface area contributed by atoms with Crippen molar-refractivity contribution in [2.45, 2.75) is 24.7 Å². The summed E-state index contributed by atoms with van der Waals surface area (Å²) in [6.45, 7) is -0.584. The first kappa shape index (κ1) is 13.4. The van der Waals surface area contributed by atoms with E-state index in [4.69, 9.17) is 21.8 Å². The molecule has 0 bridgehead atoms. The van der Waals surface area contributed by atoms with Gasteiger partial charge in [0.15, 0.2) is 0 Å². The zero-order valence-corrected chi connectivity index (χ0v) is 9.38. The molecule has 0 heterocycles. The molecule has 4 N–H and O–H groups in total. The SMILES string of the molecule is OC[C@@H](O)[C@H](O)[C@H](O)Cc1ccc(Cl)cc1. The summed E-state index contributed by atoms with van der Waals surface area (Å²) in [5, 5.41) is 37.4. The van der Waals surface area contributed by atoms with E-state index in [2.05, 4.69) is 0 Å². The molecule has 0 unspecified atom stereocenters. The topological polar surface area (TPSA) is 80.9 Å². The molecule has 0 spiro atoms. The first-order chi connectivity index (χ1) is 7.54. The van der Waals surface area contributed by atoms with Gasteiger partial charge in [-0.05, 0) is 17.7 Å². The summed E-state index contributed by atoms with van der Waals surface area (Å²) in [6, 6.07) is 6.81. The lowest BCUT2D eigenvalue weighted by Crippen LogP contribution is -2.40. The van der Waals surface area contributed by atoms with Crippen LogP contribution in [0, 0.1) is 0 Å². The number of hydrogen-bond acceptors (Lipinski definition) is 4. The van der Waals surface area contributed by atoms with Crippen molar-refractivity contribution in [3.8, 4) is 0 Å². The van der Waals surface area contributed by atoms with E-state index in [1.807, 2.05) is 0 Å². The molecule has 1 aromatic carbocycles. The predicted molar refractivity (Wildman–Crippen MR) is 60.3 cm³/mol. The smallest absolute Gasteiger partial charge is 0.108 e. The third-order valence-electron chi connectivity index (χ3n) is 2.33. The number of benzene rings is 1. The fourth-order valence-corrected chi connectivity index (χ4v) is 1.47. The van der Waals surface area contributed by atoms with Gasteiger partial charge >= 0.3 is 0 Å². The molecule has 0 aromatic heterocycles. The Bertz CT molecular complexity index is 314. The maximum atomic E-state index is 9.59. The molecule has 16 heavy (non-hydrogen) atoms. The highest BCUT2D eigenvalue weighted by atomic mass is 35.5. The van der Waals surface area contributed by atoms with Crippen LogP contribution < -0.4 is 0 Å². The zero-order chi connectivity index (χ0) is 12.1. The van der Waals surface area contributed by atoms with Crippen LogP contribution in [0.3, 0.4) is 0 Å². The van der Waals surface area contributed by atoms with E-state index in [0.717, 1.165) is 5.56 Å². The van der Waals surface area contributed by atoms with Crippen molar-refractivity contribution < 1.29 is 20.4 Å². The van der Waals surface area contributed by atoms with Crippen LogP contribution in [0.4, 0.5) is 0 Å². The van der Waals surface area contributed by atoms with Crippen molar-refractivity contribution in [3.63, 3.8) is 0 Å². The molecule has 0 radical (unpaired) electrons. The number of rotatable bonds is 5. The molecular weight excluding hydrogens is 232 g/mol. The molecule has 0 aliphatic heterocycles. The second-order valence-corrected chi connectivity index (χ2v) is 4.07. The van der Waals surface area contributed by atoms with Crippen LogP contribution in [0.1, 0.15) is 5.56 Å². The van der Waals surface area contributed by atoms with E-state index < -0.39 is 24.9 Å². The van der Waals surface area contributed by atoms with Crippen molar-refractivity contribution in [3.05, 3.63) is 34.9 Å². The Morgan fingerprint density at radius 1 is 1.00 bits per heavy atom. The van der Waals surface area contributed by atoms with Gasteiger partial charge in [-0.2, -0.15) is 0 Å². The lowest BCUT2D eigenvalue weighted by molar-refractivity contribution is -0.0755. The van der Waals surface area contributed by atoms with Gasteiger partial charge in [-0.1, -0.05) is 23.7 Å². The molecule has 90 valence electrons. The molecule has 5 heteroatoms. The van der Waals surface area contributed by atoms with Crippen molar-refractivity contribution in [2.75, 3.05) is 6.61 Å². The van der Waals surface area contributed by atoms with E-state index >= 15 is 0 Å². The second kappa shape index (κ2) is 6.18. The number of aliphatic hydroxyl groups is 4. The van der Waals surface area contributed by atoms with Gasteiger partial charge in [-0.25, -0.2) is 0 Å². The highest BCUT2D eigenvalue weighted by Crippen LogP contribution is 2.13. The Morgan fingerprint density at radius 3 is 2.06 bits per heavy atom. The standard InChI is InChI=1S/C11H15ClO4/c12-8-3-1-7(2-4-8)5-9(14)11(16)10(15)6-13/h1-4,9-11,13-16H,5-6H2/t9-,10-,11-/m1/s1. The fraction of sp³-hybridized carbons (Fsp3) is 0.455. The molecule has 0 amide bonds. The highest BCUT2D eigenvalue weighted by Gasteiger charge is 2.23. The molecule has 1 aromatic rings. The summed E-state index contributed by atoms with van der Waals surface area (Å²) < 4.78 is 0. The van der Waals surface area contributed by atoms with E-state index in [9.17, 15) is 10.2 Å². The molecule has 0 aliphatic carbocycles. The van der Waals surface area contributed by atoms with E-state index in [0.29, 0.717) is 5.02 Å². The minimum atomic E-state index is -1.36. The quantitative estimate of drug-likeness (QED) is 0.588. The maximum absolute atomic E-state index is 9.59. The molecule has 0 saturated carbocycles. The van der Waals surface area contributed by atoms with Crippen LogP contribution in [0.25, 0.3) is 0 Å². The summed E-state index contributed by atoms with van der Waals surface area (Å²) >= 11 is 5.70. The number of aliphatic hydroxyl groups excluding tert-OH is 4. The summed E-state index contributed by atoms with van der Waals surface area (Å²) in [5.74, 6) is 0. The highest BCUT2D eigenvalue weighted by molar-refractivity contribution is 6.30. The summed E-state index contributed by atoms with van der Waals surface area (Å²) in [6.07, 6.45) is -3.62. The van der Waals surface area contributed by atoms with Crippen LogP contribution in [-0.2, 0) is 6.42 Å². The van der Waals surface area contributed by atoms with E-state index in [1.165, 1.54) is 0 Å². The normalized spacial score (nSPS) is 16.8. The van der Waals surface area contributed by atoms with Gasteiger partial charge in [0.25, 0.3) is 0 Å². The van der Waals surface area contributed by atoms with E-state index in [-0.39, 0.29) is 6.42 Å². The predicted octanol–water partition coefficient (Wildman–Crippen LogP) is -0.0425. The van der Waals surface area contributed by atoms with Gasteiger partial charge in [0, 0.05) is 11.4 Å². The average Bonchev–Trinajstić information content (AvgIpc) is 2.30. The Morgan fingerprint density at radius 2 is 1.56 bits per heavy atom. The molecule has 3 atom stereocenters. The first-order valence-corrected chi connectivity index (χ1v) is 5.32. The molecule has 0 fully saturated rings. The van der Waals surface area contributed by atoms with Crippen LogP contribution in [0.2, 0.25) is 5.02 Å². The van der Waals surface area contributed by atoms with Crippen molar-refractivity contribution in [2.24, 2.45) is 0 Å². The monoisotopic (exact) mass is 246 g/mol. The van der Waals surface area contributed by atoms with Gasteiger partial charge in [-0.3, -0.25) is 0 Å². The zero-order valence-electron chi connectivity index (χ0n) is 8.62. The van der Waals surface area contributed by atoms with Crippen LogP contribution in [0.15, 0.2) is 24.3 Å². The fourth-order valence-electron chi connectivity index (χ4n) is 1.35. The van der Waals surface area contributed by atoms with Gasteiger partial charge in [0.2, 0.25) is 0 Å². The van der Waals surface area contributed by atoms with Gasteiger partial charge in [-0.15, -0.1) is 0 Å². The van der Waals surface area contributed by atoms with Crippen molar-refractivity contribution in [1.29, 1.82) is 0 Å². The second-order valence-electron chi connectivity index (χ2n) is 3.64. The molecule has 0 aliphatic rings. The molecule has 4 nitrogen and oxygen atoms in total. The van der Waals surface area contributed by atoms with Crippen LogP contribution in [-0.4, -0.2) is 45.3 Å². The average molecular weight is 247 g/mol. The third kappa shape index (κ3) is 3.73. The van der Waals surface area contributed by atoms with Gasteiger partial charge in [0.05, 0.1) is 12.7 Å². The van der Waals surface area contributed by atoms with Crippen LogP contribution in [0.5, 0.6) is 0 Å². The Labute approximate surface area is 98.7 Å². The third-order valence-corrected chi connectivity index (χ3v) is 2.59. The Balaban J connectivity index is 2.56. The minimum absolute atomic E-state index is 0.190. The van der Waals surface area contributed by atoms with Crippen molar-refractivity contribution in [1.82, 2.24) is 0 Å². The lowest BCUT2D eigenvalue weighted by atomic mass is 10.0. The summed E-state index contributed by atoms with van der Waals surface area (Å²) in [4.78, 5) is 0. The molecule has 1 rings (SSSR count). The van der Waals surface area contributed by atoms with Gasteiger partial charge < -0.3 is 20.4 Å². The largest absolute Gasteiger partial charge is 0.394 e. The lowest BCUT2D eigenvalue weighted by Gasteiger charge is -2.21. The Hall–Kier alpha value is -0.650. The van der Waals surface area contributed by atoms with Crippen molar-refractivity contribution >= 4 is 11.6 Å². The Kier molecular flexibility index (Phi) is 5.18. The number of hydrogen-bond donors (Lipinski definition) is 4. The first-order valence-electron chi connectivity index (χ1n) is 4.94. The summed E-state index contributed by atoms with van der Waals surface area (Å²) in [7, 11) is 0. The maximum Gasteiger partial charge on any atom is 0.108 e. The number of halogens is 1. The molecular formula is C11H15ClO4. The van der Waals surface area contributed by atoms with Gasteiger partial charge in [0.1, 0.15) is 12.2 Å². The van der Waals surface area contributed by atoms with Crippen LogP contribution >= 0.6 is 11.6 Å². The summed E-state index contributed by atoms with van der Waals surface area (Å²) in [5.41, 5.74) is 0.793. The minimum Gasteiger partial charge on any atom is -0.394 e.